The van der Waals surface area contributed by atoms with Crippen molar-refractivity contribution in [2.45, 2.75) is 25.7 Å². The van der Waals surface area contributed by atoms with Crippen LogP contribution in [-0.4, -0.2) is 39.8 Å². The highest BCUT2D eigenvalue weighted by Gasteiger charge is 2.24. The van der Waals surface area contributed by atoms with Gasteiger partial charge in [-0.2, -0.15) is 0 Å². The molecule has 0 saturated carbocycles. The highest BCUT2D eigenvalue weighted by molar-refractivity contribution is 5.98. The number of amides is 2. The van der Waals surface area contributed by atoms with Crippen LogP contribution >= 0.6 is 0 Å². The van der Waals surface area contributed by atoms with Crippen LogP contribution in [0.2, 0.25) is 0 Å². The third-order valence-electron chi connectivity index (χ3n) is 4.76. The average molecular weight is 365 g/mol. The number of aryl methyl sites for hydroxylation is 1. The van der Waals surface area contributed by atoms with E-state index in [1.165, 1.54) is 6.08 Å². The number of aromatic nitrogens is 2. The molecule has 140 valence electrons. The lowest BCUT2D eigenvalue weighted by Crippen LogP contribution is -2.37. The van der Waals surface area contributed by atoms with Crippen LogP contribution in [-0.2, 0) is 4.79 Å². The van der Waals surface area contributed by atoms with Crippen molar-refractivity contribution in [1.29, 1.82) is 0 Å². The van der Waals surface area contributed by atoms with E-state index in [0.29, 0.717) is 24.5 Å². The van der Waals surface area contributed by atoms with Gasteiger partial charge in [-0.15, -0.1) is 0 Å². The molecule has 1 fully saturated rings. The predicted molar refractivity (Wildman–Crippen MR) is 104 cm³/mol. The van der Waals surface area contributed by atoms with E-state index in [9.17, 15) is 9.59 Å². The van der Waals surface area contributed by atoms with Crippen LogP contribution in [0, 0.1) is 6.92 Å². The van der Waals surface area contributed by atoms with Crippen molar-refractivity contribution < 1.29 is 9.59 Å². The maximum absolute atomic E-state index is 11.8. The molecule has 2 aromatic rings. The Labute approximate surface area is 158 Å². The van der Waals surface area contributed by atoms with Gasteiger partial charge in [0.05, 0.1) is 17.4 Å². The molecule has 1 aliphatic heterocycles. The van der Waals surface area contributed by atoms with Crippen molar-refractivity contribution in [2.24, 2.45) is 5.73 Å². The van der Waals surface area contributed by atoms with Crippen LogP contribution in [0.3, 0.4) is 0 Å². The van der Waals surface area contributed by atoms with E-state index in [1.54, 1.807) is 17.2 Å². The summed E-state index contributed by atoms with van der Waals surface area (Å²) in [4.78, 5) is 34.2. The Hall–Kier alpha value is -3.22. The SMILES string of the molecule is C=CC(=O)N1CCC(c2ccc(C(N)=O)c(Nc3ccc(C)nc3)n2)CC1. The summed E-state index contributed by atoms with van der Waals surface area (Å²) in [6.07, 6.45) is 4.66. The van der Waals surface area contributed by atoms with Gasteiger partial charge in [0.1, 0.15) is 5.82 Å². The molecule has 0 atom stereocenters. The Kier molecular flexibility index (Phi) is 5.49. The number of anilines is 2. The van der Waals surface area contributed by atoms with Gasteiger partial charge in [0.2, 0.25) is 5.91 Å². The molecule has 27 heavy (non-hydrogen) atoms. The van der Waals surface area contributed by atoms with Crippen LogP contribution < -0.4 is 11.1 Å². The minimum absolute atomic E-state index is 0.0419. The van der Waals surface area contributed by atoms with Crippen molar-refractivity contribution in [3.8, 4) is 0 Å². The fourth-order valence-corrected chi connectivity index (χ4v) is 3.20. The third-order valence-corrected chi connectivity index (χ3v) is 4.76. The second-order valence-corrected chi connectivity index (χ2v) is 6.61. The molecule has 0 aliphatic carbocycles. The lowest BCUT2D eigenvalue weighted by molar-refractivity contribution is -0.127. The number of primary amides is 1. The molecule has 0 spiro atoms. The topological polar surface area (TPSA) is 101 Å². The number of nitrogens with one attached hydrogen (secondary N) is 1. The highest BCUT2D eigenvalue weighted by atomic mass is 16.2. The van der Waals surface area contributed by atoms with E-state index in [4.69, 9.17) is 5.73 Å². The summed E-state index contributed by atoms with van der Waals surface area (Å²) in [6.45, 7) is 6.77. The molecule has 7 nitrogen and oxygen atoms in total. The lowest BCUT2D eigenvalue weighted by atomic mass is 9.92. The number of likely N-dealkylation sites (tertiary alicyclic amines) is 1. The van der Waals surface area contributed by atoms with Gasteiger partial charge in [-0.25, -0.2) is 4.98 Å². The number of pyridine rings is 2. The summed E-state index contributed by atoms with van der Waals surface area (Å²) in [5.41, 5.74) is 8.35. The Bertz CT molecular complexity index is 855. The van der Waals surface area contributed by atoms with Crippen molar-refractivity contribution >= 4 is 23.3 Å². The van der Waals surface area contributed by atoms with Crippen LogP contribution in [0.5, 0.6) is 0 Å². The highest BCUT2D eigenvalue weighted by Crippen LogP contribution is 2.29. The van der Waals surface area contributed by atoms with Crippen molar-refractivity contribution in [2.75, 3.05) is 18.4 Å². The number of rotatable bonds is 5. The first-order chi connectivity index (χ1) is 13.0. The van der Waals surface area contributed by atoms with Gasteiger partial charge >= 0.3 is 0 Å². The fraction of sp³-hybridized carbons (Fsp3) is 0.300. The zero-order valence-corrected chi connectivity index (χ0v) is 15.3. The molecule has 0 aromatic carbocycles. The molecule has 7 heteroatoms. The normalized spacial score (nSPS) is 14.6. The van der Waals surface area contributed by atoms with Gasteiger partial charge in [-0.1, -0.05) is 6.58 Å². The molecule has 2 aromatic heterocycles. The zero-order valence-electron chi connectivity index (χ0n) is 15.3. The summed E-state index contributed by atoms with van der Waals surface area (Å²) in [7, 11) is 0. The Morgan fingerprint density at radius 3 is 2.59 bits per heavy atom. The van der Waals surface area contributed by atoms with Gasteiger partial charge in [-0.3, -0.25) is 14.6 Å². The largest absolute Gasteiger partial charge is 0.365 e. The monoisotopic (exact) mass is 365 g/mol. The molecular formula is C20H23N5O2. The van der Waals surface area contributed by atoms with E-state index >= 15 is 0 Å². The minimum atomic E-state index is -0.539. The number of carbonyl (C=O) groups excluding carboxylic acids is 2. The van der Waals surface area contributed by atoms with Crippen LogP contribution in [0.25, 0.3) is 0 Å². The first-order valence-corrected chi connectivity index (χ1v) is 8.89. The molecule has 1 saturated heterocycles. The summed E-state index contributed by atoms with van der Waals surface area (Å²) in [6, 6.07) is 7.30. The molecule has 0 unspecified atom stereocenters. The number of nitrogens with zero attached hydrogens (tertiary/aromatic N) is 3. The smallest absolute Gasteiger partial charge is 0.252 e. The van der Waals surface area contributed by atoms with Gasteiger partial charge < -0.3 is 16.0 Å². The second-order valence-electron chi connectivity index (χ2n) is 6.61. The summed E-state index contributed by atoms with van der Waals surface area (Å²) in [5, 5.41) is 3.14. The first-order valence-electron chi connectivity index (χ1n) is 8.89. The average Bonchev–Trinajstić information content (AvgIpc) is 2.69. The predicted octanol–water partition coefficient (Wildman–Crippen LogP) is 2.52. The molecule has 3 heterocycles. The molecule has 2 amide bonds. The van der Waals surface area contributed by atoms with E-state index in [0.717, 1.165) is 29.9 Å². The van der Waals surface area contributed by atoms with E-state index in [-0.39, 0.29) is 11.8 Å². The van der Waals surface area contributed by atoms with Gasteiger partial charge in [0.15, 0.2) is 0 Å². The lowest BCUT2D eigenvalue weighted by Gasteiger charge is -2.31. The third kappa shape index (κ3) is 4.31. The number of hydrogen-bond donors (Lipinski definition) is 2. The Balaban J connectivity index is 1.81. The van der Waals surface area contributed by atoms with E-state index in [1.807, 2.05) is 25.1 Å². The Morgan fingerprint density at radius 2 is 2.00 bits per heavy atom. The van der Waals surface area contributed by atoms with Crippen molar-refractivity contribution in [3.05, 3.63) is 60.1 Å². The molecule has 0 bridgehead atoms. The van der Waals surface area contributed by atoms with Gasteiger partial charge in [0, 0.05) is 30.4 Å². The molecule has 3 N–H and O–H groups in total. The molecule has 0 radical (unpaired) electrons. The van der Waals surface area contributed by atoms with Crippen LogP contribution in [0.15, 0.2) is 43.1 Å². The van der Waals surface area contributed by atoms with Crippen LogP contribution in [0.4, 0.5) is 11.5 Å². The summed E-state index contributed by atoms with van der Waals surface area (Å²) >= 11 is 0. The maximum Gasteiger partial charge on any atom is 0.252 e. The second kappa shape index (κ2) is 7.99. The van der Waals surface area contributed by atoms with Gasteiger partial charge in [-0.05, 0) is 50.1 Å². The molecule has 1 aliphatic rings. The van der Waals surface area contributed by atoms with E-state index in [2.05, 4.69) is 21.9 Å². The Morgan fingerprint density at radius 1 is 1.26 bits per heavy atom. The van der Waals surface area contributed by atoms with E-state index < -0.39 is 5.91 Å². The van der Waals surface area contributed by atoms with Crippen LogP contribution in [0.1, 0.15) is 40.5 Å². The summed E-state index contributed by atoms with van der Waals surface area (Å²) < 4.78 is 0. The number of piperidine rings is 1. The standard InChI is InChI=1S/C20H23N5O2/c1-3-18(26)25-10-8-14(9-11-25)17-7-6-16(19(21)27)20(24-17)23-15-5-4-13(2)22-12-15/h3-7,12,14H,1,8-11H2,2H3,(H2,21,27)(H,23,24). The number of hydrogen-bond acceptors (Lipinski definition) is 5. The first kappa shape index (κ1) is 18.6. The van der Waals surface area contributed by atoms with Crippen molar-refractivity contribution in [1.82, 2.24) is 14.9 Å². The van der Waals surface area contributed by atoms with Crippen molar-refractivity contribution in [3.63, 3.8) is 0 Å². The fourth-order valence-electron chi connectivity index (χ4n) is 3.20. The summed E-state index contributed by atoms with van der Waals surface area (Å²) in [5.74, 6) is 0.0652. The zero-order chi connectivity index (χ0) is 19.4. The number of nitrogens with two attached hydrogens (primary N) is 1. The number of carbonyl (C=O) groups is 2. The molecule has 3 rings (SSSR count). The molecular weight excluding hydrogens is 342 g/mol. The van der Waals surface area contributed by atoms with Gasteiger partial charge in [0.25, 0.3) is 5.91 Å². The minimum Gasteiger partial charge on any atom is -0.365 e. The maximum atomic E-state index is 11.8. The quantitative estimate of drug-likeness (QED) is 0.793.